The van der Waals surface area contributed by atoms with Gasteiger partial charge in [0.25, 0.3) is 0 Å². The summed E-state index contributed by atoms with van der Waals surface area (Å²) in [4.78, 5) is 0. The molecule has 1 aromatic carbocycles. The van der Waals surface area contributed by atoms with E-state index in [9.17, 15) is 13.2 Å². The molecule has 0 aliphatic rings. The molecule has 0 aliphatic heterocycles. The Morgan fingerprint density at radius 1 is 1.00 bits per heavy atom. The van der Waals surface area contributed by atoms with E-state index >= 15 is 0 Å². The van der Waals surface area contributed by atoms with Gasteiger partial charge in [-0.15, -0.1) is 0 Å². The maximum absolute atomic E-state index is 11.9. The second-order valence-electron chi connectivity index (χ2n) is 5.53. The first-order valence-corrected chi connectivity index (χ1v) is 6.13. The predicted molar refractivity (Wildman–Crippen MR) is 68.7 cm³/mol. The first-order valence-electron chi connectivity index (χ1n) is 6.13. The van der Waals surface area contributed by atoms with E-state index in [-0.39, 0.29) is 12.1 Å². The summed E-state index contributed by atoms with van der Waals surface area (Å²) in [6.45, 7) is 5.73. The Bertz CT molecular complexity index is 379. The predicted octanol–water partition coefficient (Wildman–Crippen LogP) is 3.65. The van der Waals surface area contributed by atoms with Crippen LogP contribution in [0.15, 0.2) is 24.3 Å². The van der Waals surface area contributed by atoms with Crippen LogP contribution < -0.4 is 5.32 Å². The molecule has 0 aliphatic carbocycles. The van der Waals surface area contributed by atoms with Crippen molar-refractivity contribution in [2.75, 3.05) is 6.61 Å². The van der Waals surface area contributed by atoms with Crippen molar-refractivity contribution in [1.82, 2.24) is 5.32 Å². The highest BCUT2D eigenvalue weighted by atomic mass is 19.4. The summed E-state index contributed by atoms with van der Waals surface area (Å²) in [5, 5.41) is 3.34. The van der Waals surface area contributed by atoms with Crippen molar-refractivity contribution >= 4 is 0 Å². The molecule has 0 unspecified atom stereocenters. The quantitative estimate of drug-likeness (QED) is 0.885. The molecule has 1 N–H and O–H groups in total. The van der Waals surface area contributed by atoms with Gasteiger partial charge in [0.05, 0.1) is 6.61 Å². The van der Waals surface area contributed by atoms with E-state index in [4.69, 9.17) is 0 Å². The van der Waals surface area contributed by atoms with Crippen LogP contribution in [0.1, 0.15) is 31.9 Å². The molecule has 108 valence electrons. The SMILES string of the molecule is CC(C)(C)NCc1ccc(COCC(F)(F)F)cc1. The van der Waals surface area contributed by atoms with E-state index in [1.165, 1.54) is 0 Å². The highest BCUT2D eigenvalue weighted by molar-refractivity contribution is 5.22. The maximum Gasteiger partial charge on any atom is 0.411 e. The van der Waals surface area contributed by atoms with Crippen LogP contribution in [0.25, 0.3) is 0 Å². The van der Waals surface area contributed by atoms with Crippen molar-refractivity contribution in [3.63, 3.8) is 0 Å². The topological polar surface area (TPSA) is 21.3 Å². The van der Waals surface area contributed by atoms with Crippen LogP contribution >= 0.6 is 0 Å². The Labute approximate surface area is 112 Å². The number of benzene rings is 1. The Balaban J connectivity index is 2.39. The van der Waals surface area contributed by atoms with Gasteiger partial charge in [0.15, 0.2) is 0 Å². The van der Waals surface area contributed by atoms with Gasteiger partial charge in [-0.1, -0.05) is 24.3 Å². The van der Waals surface area contributed by atoms with Gasteiger partial charge in [-0.05, 0) is 31.9 Å². The van der Waals surface area contributed by atoms with Gasteiger partial charge in [0.2, 0.25) is 0 Å². The molecule has 1 rings (SSSR count). The van der Waals surface area contributed by atoms with Crippen molar-refractivity contribution in [2.24, 2.45) is 0 Å². The summed E-state index contributed by atoms with van der Waals surface area (Å²) < 4.78 is 40.3. The number of hydrogen-bond donors (Lipinski definition) is 1. The van der Waals surface area contributed by atoms with Gasteiger partial charge in [0.1, 0.15) is 6.61 Å². The molecule has 19 heavy (non-hydrogen) atoms. The van der Waals surface area contributed by atoms with E-state index in [1.54, 1.807) is 12.1 Å². The molecular formula is C14H20F3NO. The standard InChI is InChI=1S/C14H20F3NO/c1-13(2,3)18-8-11-4-6-12(7-5-11)9-19-10-14(15,16)17/h4-7,18H,8-10H2,1-3H3. The number of hydrogen-bond acceptors (Lipinski definition) is 2. The highest BCUT2D eigenvalue weighted by Crippen LogP contribution is 2.16. The molecule has 0 amide bonds. The molecule has 0 heterocycles. The number of halogens is 3. The highest BCUT2D eigenvalue weighted by Gasteiger charge is 2.27. The molecule has 0 saturated heterocycles. The van der Waals surface area contributed by atoms with E-state index < -0.39 is 12.8 Å². The van der Waals surface area contributed by atoms with Gasteiger partial charge in [-0.25, -0.2) is 0 Å². The van der Waals surface area contributed by atoms with Crippen molar-refractivity contribution in [3.8, 4) is 0 Å². The molecule has 0 aromatic heterocycles. The Hall–Kier alpha value is -1.07. The number of nitrogens with one attached hydrogen (secondary N) is 1. The fourth-order valence-corrected chi connectivity index (χ4v) is 1.41. The molecule has 2 nitrogen and oxygen atoms in total. The fraction of sp³-hybridized carbons (Fsp3) is 0.571. The zero-order valence-corrected chi connectivity index (χ0v) is 11.5. The molecule has 1 aromatic rings. The zero-order chi connectivity index (χ0) is 14.5. The Morgan fingerprint density at radius 3 is 2.00 bits per heavy atom. The minimum Gasteiger partial charge on any atom is -0.367 e. The van der Waals surface area contributed by atoms with E-state index in [1.807, 2.05) is 12.1 Å². The fourth-order valence-electron chi connectivity index (χ4n) is 1.41. The average molecular weight is 275 g/mol. The molecule has 0 spiro atoms. The summed E-state index contributed by atoms with van der Waals surface area (Å²) in [6.07, 6.45) is -4.27. The minimum absolute atomic E-state index is 0.0213. The minimum atomic E-state index is -4.27. The number of alkyl halides is 3. The number of ether oxygens (including phenoxy) is 1. The molecule has 5 heteroatoms. The summed E-state index contributed by atoms with van der Waals surface area (Å²) in [7, 11) is 0. The normalized spacial score (nSPS) is 12.7. The van der Waals surface area contributed by atoms with Crippen LogP contribution in [0.2, 0.25) is 0 Å². The average Bonchev–Trinajstić information content (AvgIpc) is 2.25. The van der Waals surface area contributed by atoms with Crippen molar-refractivity contribution in [1.29, 1.82) is 0 Å². The third-order valence-corrected chi connectivity index (χ3v) is 2.38. The van der Waals surface area contributed by atoms with E-state index in [2.05, 4.69) is 30.8 Å². The Kier molecular flexibility index (Phi) is 5.38. The third-order valence-electron chi connectivity index (χ3n) is 2.38. The smallest absolute Gasteiger partial charge is 0.367 e. The number of rotatable bonds is 5. The van der Waals surface area contributed by atoms with E-state index in [0.717, 1.165) is 17.7 Å². The summed E-state index contributed by atoms with van der Waals surface area (Å²) in [6, 6.07) is 7.36. The van der Waals surface area contributed by atoms with Crippen LogP contribution in [0.4, 0.5) is 13.2 Å². The van der Waals surface area contributed by atoms with Crippen LogP contribution in [0, 0.1) is 0 Å². The van der Waals surface area contributed by atoms with Gasteiger partial charge in [-0.3, -0.25) is 0 Å². The lowest BCUT2D eigenvalue weighted by molar-refractivity contribution is -0.176. The van der Waals surface area contributed by atoms with Gasteiger partial charge < -0.3 is 10.1 Å². The zero-order valence-electron chi connectivity index (χ0n) is 11.5. The summed E-state index contributed by atoms with van der Waals surface area (Å²) in [5.74, 6) is 0. The van der Waals surface area contributed by atoms with Crippen LogP contribution in [-0.2, 0) is 17.9 Å². The van der Waals surface area contributed by atoms with Gasteiger partial charge in [-0.2, -0.15) is 13.2 Å². The molecular weight excluding hydrogens is 255 g/mol. The molecule has 0 atom stereocenters. The van der Waals surface area contributed by atoms with E-state index in [0.29, 0.717) is 0 Å². The first-order chi connectivity index (χ1) is 8.66. The molecule has 0 radical (unpaired) electrons. The lowest BCUT2D eigenvalue weighted by Gasteiger charge is -2.20. The Morgan fingerprint density at radius 2 is 1.53 bits per heavy atom. The van der Waals surface area contributed by atoms with Crippen molar-refractivity contribution < 1.29 is 17.9 Å². The van der Waals surface area contributed by atoms with Gasteiger partial charge >= 0.3 is 6.18 Å². The van der Waals surface area contributed by atoms with Crippen LogP contribution in [-0.4, -0.2) is 18.3 Å². The maximum atomic E-state index is 11.9. The van der Waals surface area contributed by atoms with Crippen molar-refractivity contribution in [3.05, 3.63) is 35.4 Å². The van der Waals surface area contributed by atoms with Gasteiger partial charge in [0, 0.05) is 12.1 Å². The molecule has 0 bridgehead atoms. The van der Waals surface area contributed by atoms with Crippen molar-refractivity contribution in [2.45, 2.75) is 45.6 Å². The first kappa shape index (κ1) is 16.0. The van der Waals surface area contributed by atoms with Crippen LogP contribution in [0.3, 0.4) is 0 Å². The largest absolute Gasteiger partial charge is 0.411 e. The lowest BCUT2D eigenvalue weighted by atomic mass is 10.1. The summed E-state index contributed by atoms with van der Waals surface area (Å²) >= 11 is 0. The monoisotopic (exact) mass is 275 g/mol. The third kappa shape index (κ3) is 7.85. The second-order valence-corrected chi connectivity index (χ2v) is 5.53. The summed E-state index contributed by atoms with van der Waals surface area (Å²) in [5.41, 5.74) is 1.87. The van der Waals surface area contributed by atoms with Crippen LogP contribution in [0.5, 0.6) is 0 Å². The lowest BCUT2D eigenvalue weighted by Crippen LogP contribution is -2.35. The molecule has 0 saturated carbocycles. The molecule has 0 fully saturated rings. The second kappa shape index (κ2) is 6.39.